The van der Waals surface area contributed by atoms with Crippen LogP contribution in [-0.2, 0) is 11.2 Å². The molecule has 0 bridgehead atoms. The molecule has 1 aromatic heterocycles. The number of nitrogens with one attached hydrogen (secondary N) is 1. The summed E-state index contributed by atoms with van der Waals surface area (Å²) in [6, 6.07) is 20.0. The Kier molecular flexibility index (Phi) is 6.51. The Morgan fingerprint density at radius 1 is 0.935 bits per heavy atom. The molecule has 160 valence electrons. The third-order valence-corrected chi connectivity index (χ3v) is 5.96. The monoisotopic (exact) mass is 415 g/mol. The van der Waals surface area contributed by atoms with Gasteiger partial charge in [0.25, 0.3) is 5.91 Å². The molecule has 31 heavy (non-hydrogen) atoms. The second kappa shape index (κ2) is 9.65. The first-order valence-electron chi connectivity index (χ1n) is 11.0. The molecule has 0 spiro atoms. The normalized spacial score (nSPS) is 14.4. The minimum Gasteiger partial charge on any atom is -0.349 e. The van der Waals surface area contributed by atoms with Gasteiger partial charge in [-0.3, -0.25) is 9.59 Å². The number of carbonyl (C=O) groups excluding carboxylic acids is 2. The summed E-state index contributed by atoms with van der Waals surface area (Å²) in [6.45, 7) is 3.46. The largest absolute Gasteiger partial charge is 0.349 e. The van der Waals surface area contributed by atoms with Crippen molar-refractivity contribution < 1.29 is 9.59 Å². The predicted octanol–water partition coefficient (Wildman–Crippen LogP) is 4.14. The van der Waals surface area contributed by atoms with Gasteiger partial charge in [-0.1, -0.05) is 29.8 Å². The first kappa shape index (κ1) is 20.9. The molecule has 5 nitrogen and oxygen atoms in total. The molecular weight excluding hydrogens is 386 g/mol. The lowest BCUT2D eigenvalue weighted by Crippen LogP contribution is -2.46. The number of hydrogen-bond donors (Lipinski definition) is 1. The van der Waals surface area contributed by atoms with Crippen LogP contribution >= 0.6 is 0 Å². The van der Waals surface area contributed by atoms with Gasteiger partial charge in [-0.15, -0.1) is 0 Å². The molecule has 0 saturated carbocycles. The molecule has 0 radical (unpaired) electrons. The zero-order valence-corrected chi connectivity index (χ0v) is 18.0. The summed E-state index contributed by atoms with van der Waals surface area (Å²) in [6.07, 6.45) is 6.85. The highest BCUT2D eigenvalue weighted by Crippen LogP contribution is 2.15. The van der Waals surface area contributed by atoms with Gasteiger partial charge in [-0.25, -0.2) is 0 Å². The van der Waals surface area contributed by atoms with Crippen molar-refractivity contribution >= 4 is 11.8 Å². The molecule has 0 aliphatic carbocycles. The Morgan fingerprint density at radius 3 is 2.23 bits per heavy atom. The molecule has 5 heteroatoms. The van der Waals surface area contributed by atoms with Gasteiger partial charge in [0.2, 0.25) is 5.91 Å². The van der Waals surface area contributed by atoms with E-state index in [4.69, 9.17) is 0 Å². The van der Waals surface area contributed by atoms with Gasteiger partial charge in [0, 0.05) is 49.2 Å². The van der Waals surface area contributed by atoms with Gasteiger partial charge in [0.1, 0.15) is 0 Å². The van der Waals surface area contributed by atoms with E-state index in [1.165, 1.54) is 11.1 Å². The highest BCUT2D eigenvalue weighted by atomic mass is 16.2. The van der Waals surface area contributed by atoms with Crippen LogP contribution in [0, 0.1) is 6.92 Å². The second-order valence-electron chi connectivity index (χ2n) is 8.25. The minimum atomic E-state index is -0.0526. The molecule has 1 saturated heterocycles. The number of rotatable bonds is 6. The quantitative estimate of drug-likeness (QED) is 0.658. The third kappa shape index (κ3) is 5.43. The third-order valence-electron chi connectivity index (χ3n) is 5.96. The molecule has 0 atom stereocenters. The smallest absolute Gasteiger partial charge is 0.251 e. The minimum absolute atomic E-state index is 0.0526. The maximum absolute atomic E-state index is 12.6. The second-order valence-corrected chi connectivity index (χ2v) is 8.25. The van der Waals surface area contributed by atoms with Crippen molar-refractivity contribution in [3.05, 3.63) is 89.7 Å². The van der Waals surface area contributed by atoms with Crippen molar-refractivity contribution in [2.75, 3.05) is 13.1 Å². The van der Waals surface area contributed by atoms with Crippen LogP contribution in [0.25, 0.3) is 5.69 Å². The Labute approximate surface area is 183 Å². The summed E-state index contributed by atoms with van der Waals surface area (Å²) < 4.78 is 2.01. The van der Waals surface area contributed by atoms with E-state index >= 15 is 0 Å². The van der Waals surface area contributed by atoms with E-state index in [9.17, 15) is 9.59 Å². The van der Waals surface area contributed by atoms with Crippen molar-refractivity contribution in [1.82, 2.24) is 14.8 Å². The topological polar surface area (TPSA) is 54.3 Å². The van der Waals surface area contributed by atoms with Crippen molar-refractivity contribution in [3.8, 4) is 5.69 Å². The van der Waals surface area contributed by atoms with Gasteiger partial charge in [-0.05, 0) is 68.1 Å². The molecule has 1 aliphatic rings. The lowest BCUT2D eigenvalue weighted by Gasteiger charge is -2.32. The van der Waals surface area contributed by atoms with E-state index in [1.54, 1.807) is 0 Å². The Hall–Kier alpha value is -3.34. The number of aromatic nitrogens is 1. The highest BCUT2D eigenvalue weighted by Gasteiger charge is 2.24. The van der Waals surface area contributed by atoms with E-state index < -0.39 is 0 Å². The number of aryl methyl sites for hydroxylation is 2. The fraction of sp³-hybridized carbons (Fsp3) is 0.308. The van der Waals surface area contributed by atoms with Gasteiger partial charge in [0.05, 0.1) is 0 Å². The molecule has 2 amide bonds. The van der Waals surface area contributed by atoms with E-state index in [0.29, 0.717) is 25.1 Å². The van der Waals surface area contributed by atoms with Gasteiger partial charge in [-0.2, -0.15) is 0 Å². The lowest BCUT2D eigenvalue weighted by molar-refractivity contribution is -0.132. The summed E-state index contributed by atoms with van der Waals surface area (Å²) in [5.41, 5.74) is 4.12. The molecule has 0 unspecified atom stereocenters. The van der Waals surface area contributed by atoms with Crippen LogP contribution < -0.4 is 5.32 Å². The summed E-state index contributed by atoms with van der Waals surface area (Å²) in [4.78, 5) is 27.1. The summed E-state index contributed by atoms with van der Waals surface area (Å²) in [5, 5.41) is 3.13. The molecular formula is C26H29N3O2. The number of hydrogen-bond acceptors (Lipinski definition) is 2. The van der Waals surface area contributed by atoms with E-state index in [-0.39, 0.29) is 17.9 Å². The van der Waals surface area contributed by atoms with Crippen molar-refractivity contribution in [2.24, 2.45) is 0 Å². The number of likely N-dealkylation sites (tertiary alicyclic amines) is 1. The molecule has 1 aliphatic heterocycles. The first-order chi connectivity index (χ1) is 15.1. The number of nitrogens with zero attached hydrogens (tertiary/aromatic N) is 2. The number of amides is 2. The summed E-state index contributed by atoms with van der Waals surface area (Å²) in [7, 11) is 0. The zero-order chi connectivity index (χ0) is 21.6. The van der Waals surface area contributed by atoms with Crippen LogP contribution in [-0.4, -0.2) is 40.4 Å². The molecule has 4 rings (SSSR count). The molecule has 1 fully saturated rings. The summed E-state index contributed by atoms with van der Waals surface area (Å²) in [5.74, 6) is 0.147. The zero-order valence-electron chi connectivity index (χ0n) is 18.0. The molecule has 3 aromatic rings. The Balaban J connectivity index is 1.22. The molecule has 2 aromatic carbocycles. The van der Waals surface area contributed by atoms with Gasteiger partial charge < -0.3 is 14.8 Å². The number of benzene rings is 2. The maximum atomic E-state index is 12.6. The van der Waals surface area contributed by atoms with E-state index in [0.717, 1.165) is 24.9 Å². The Morgan fingerprint density at radius 2 is 1.58 bits per heavy atom. The fourth-order valence-corrected chi connectivity index (χ4v) is 4.00. The Bertz CT molecular complexity index is 1000. The van der Waals surface area contributed by atoms with Crippen molar-refractivity contribution in [3.63, 3.8) is 0 Å². The van der Waals surface area contributed by atoms with E-state index in [1.807, 2.05) is 58.3 Å². The van der Waals surface area contributed by atoms with Crippen LogP contribution in [0.15, 0.2) is 73.1 Å². The average Bonchev–Trinajstić information content (AvgIpc) is 3.34. The first-order valence-corrected chi connectivity index (χ1v) is 11.0. The average molecular weight is 416 g/mol. The van der Waals surface area contributed by atoms with Crippen LogP contribution in [0.3, 0.4) is 0 Å². The van der Waals surface area contributed by atoms with Gasteiger partial charge in [0.15, 0.2) is 0 Å². The summed E-state index contributed by atoms with van der Waals surface area (Å²) >= 11 is 0. The van der Waals surface area contributed by atoms with Crippen molar-refractivity contribution in [2.45, 2.75) is 38.6 Å². The van der Waals surface area contributed by atoms with Crippen LogP contribution in [0.5, 0.6) is 0 Å². The van der Waals surface area contributed by atoms with Crippen LogP contribution in [0.2, 0.25) is 0 Å². The SMILES string of the molecule is Cc1ccc(CCC(=O)N2CCC(NC(=O)c3ccc(-n4cccc4)cc3)CC2)cc1. The fourth-order valence-electron chi connectivity index (χ4n) is 4.00. The van der Waals surface area contributed by atoms with Crippen LogP contribution in [0.4, 0.5) is 0 Å². The maximum Gasteiger partial charge on any atom is 0.251 e. The number of piperidine rings is 1. The van der Waals surface area contributed by atoms with Crippen molar-refractivity contribution in [1.29, 1.82) is 0 Å². The standard InChI is InChI=1S/C26H29N3O2/c1-20-4-6-21(7-5-20)8-13-25(30)29-18-14-23(15-19-29)27-26(31)22-9-11-24(12-10-22)28-16-2-3-17-28/h2-7,9-12,16-17,23H,8,13-15,18-19H2,1H3,(H,27,31). The highest BCUT2D eigenvalue weighted by molar-refractivity contribution is 5.94. The van der Waals surface area contributed by atoms with Gasteiger partial charge >= 0.3 is 0 Å². The van der Waals surface area contributed by atoms with Crippen LogP contribution in [0.1, 0.15) is 40.7 Å². The van der Waals surface area contributed by atoms with E-state index in [2.05, 4.69) is 36.5 Å². The predicted molar refractivity (Wildman–Crippen MR) is 122 cm³/mol. The molecule has 2 heterocycles. The number of carbonyl (C=O) groups is 2. The lowest BCUT2D eigenvalue weighted by atomic mass is 10.0. The molecule has 1 N–H and O–H groups in total.